The first kappa shape index (κ1) is 10.0. The number of hydrogen-bond donors (Lipinski definition) is 1. The number of carbonyl (C=O) groups is 1. The molecule has 1 aliphatic heterocycles. The second kappa shape index (κ2) is 3.57. The lowest BCUT2D eigenvalue weighted by Crippen LogP contribution is -2.33. The van der Waals surface area contributed by atoms with Gasteiger partial charge in [0.15, 0.2) is 5.78 Å². The van der Waals surface area contributed by atoms with E-state index in [4.69, 9.17) is 4.74 Å². The van der Waals surface area contributed by atoms with Crippen LogP contribution >= 0.6 is 0 Å². The summed E-state index contributed by atoms with van der Waals surface area (Å²) >= 11 is 0. The Balaban J connectivity index is 2.46. The maximum absolute atomic E-state index is 11.9. The van der Waals surface area contributed by atoms with Crippen LogP contribution in [0, 0.1) is 5.92 Å². The zero-order valence-corrected chi connectivity index (χ0v) is 9.26. The minimum Gasteiger partial charge on any atom is -0.495 e. The van der Waals surface area contributed by atoms with Gasteiger partial charge in [0.05, 0.1) is 18.7 Å². The lowest BCUT2D eigenvalue weighted by Gasteiger charge is -2.29. The number of hydrogen-bond acceptors (Lipinski definition) is 3. The standard InChI is InChI=1S/C12H15NO2/c1-7-6-10(15-3)11-9(12(7)14)5-4-8(2)13-11/h4,6,9,13H,5H2,1-3H3. The minimum absolute atomic E-state index is 0.0753. The van der Waals surface area contributed by atoms with E-state index in [1.807, 2.05) is 13.8 Å². The van der Waals surface area contributed by atoms with E-state index < -0.39 is 0 Å². The molecule has 15 heavy (non-hydrogen) atoms. The molecule has 1 N–H and O–H groups in total. The number of carbonyl (C=O) groups excluding carboxylic acids is 1. The summed E-state index contributed by atoms with van der Waals surface area (Å²) < 4.78 is 5.29. The van der Waals surface area contributed by atoms with Crippen molar-refractivity contribution in [2.45, 2.75) is 20.3 Å². The number of nitrogens with one attached hydrogen (secondary N) is 1. The number of methoxy groups -OCH3 is 1. The molecule has 0 aromatic carbocycles. The van der Waals surface area contributed by atoms with Gasteiger partial charge in [-0.3, -0.25) is 4.79 Å². The summed E-state index contributed by atoms with van der Waals surface area (Å²) in [6.45, 7) is 3.83. The van der Waals surface area contributed by atoms with E-state index in [2.05, 4.69) is 11.4 Å². The number of allylic oxidation sites excluding steroid dienone is 5. The third-order valence-corrected chi connectivity index (χ3v) is 2.88. The third kappa shape index (κ3) is 1.58. The van der Waals surface area contributed by atoms with Gasteiger partial charge >= 0.3 is 0 Å². The van der Waals surface area contributed by atoms with E-state index in [1.54, 1.807) is 13.2 Å². The Morgan fingerprint density at radius 1 is 1.47 bits per heavy atom. The van der Waals surface area contributed by atoms with E-state index >= 15 is 0 Å². The minimum atomic E-state index is -0.0753. The average Bonchev–Trinajstić information content (AvgIpc) is 2.23. The summed E-state index contributed by atoms with van der Waals surface area (Å²) in [5, 5.41) is 3.22. The van der Waals surface area contributed by atoms with Crippen molar-refractivity contribution in [1.29, 1.82) is 0 Å². The van der Waals surface area contributed by atoms with Crippen LogP contribution in [0.15, 0.2) is 34.9 Å². The highest BCUT2D eigenvalue weighted by atomic mass is 16.5. The SMILES string of the molecule is COC1=C2NC(C)=CCC2C(=O)C(C)=C1. The molecule has 0 saturated carbocycles. The Morgan fingerprint density at radius 3 is 2.87 bits per heavy atom. The molecule has 0 aromatic rings. The van der Waals surface area contributed by atoms with Crippen molar-refractivity contribution in [3.63, 3.8) is 0 Å². The van der Waals surface area contributed by atoms with Crippen molar-refractivity contribution in [3.05, 3.63) is 34.9 Å². The molecule has 1 aliphatic carbocycles. The first-order valence-corrected chi connectivity index (χ1v) is 5.08. The molecule has 1 heterocycles. The normalized spacial score (nSPS) is 25.3. The molecule has 1 unspecified atom stereocenters. The second-order valence-electron chi connectivity index (χ2n) is 3.97. The highest BCUT2D eigenvalue weighted by molar-refractivity contribution is 6.00. The maximum atomic E-state index is 11.9. The molecule has 3 heteroatoms. The monoisotopic (exact) mass is 205 g/mol. The molecule has 0 saturated heterocycles. The van der Waals surface area contributed by atoms with Crippen molar-refractivity contribution in [1.82, 2.24) is 5.32 Å². The van der Waals surface area contributed by atoms with Crippen LogP contribution in [0.4, 0.5) is 0 Å². The molecule has 80 valence electrons. The highest BCUT2D eigenvalue weighted by Gasteiger charge is 2.32. The Morgan fingerprint density at radius 2 is 2.20 bits per heavy atom. The van der Waals surface area contributed by atoms with Gasteiger partial charge in [-0.15, -0.1) is 0 Å². The van der Waals surface area contributed by atoms with Crippen LogP contribution in [-0.4, -0.2) is 12.9 Å². The summed E-state index contributed by atoms with van der Waals surface area (Å²) in [5.41, 5.74) is 2.76. The Hall–Kier alpha value is -1.51. The Bertz CT molecular complexity index is 402. The van der Waals surface area contributed by atoms with Gasteiger partial charge in [0, 0.05) is 5.70 Å². The molecule has 0 spiro atoms. The molecular weight excluding hydrogens is 190 g/mol. The summed E-state index contributed by atoms with van der Waals surface area (Å²) in [5.74, 6) is 0.903. The van der Waals surface area contributed by atoms with Crippen molar-refractivity contribution < 1.29 is 9.53 Å². The van der Waals surface area contributed by atoms with Crippen LogP contribution in [0.25, 0.3) is 0 Å². The lowest BCUT2D eigenvalue weighted by molar-refractivity contribution is -0.118. The van der Waals surface area contributed by atoms with Crippen LogP contribution in [0.5, 0.6) is 0 Å². The van der Waals surface area contributed by atoms with Crippen LogP contribution in [0.1, 0.15) is 20.3 Å². The van der Waals surface area contributed by atoms with E-state index in [0.29, 0.717) is 0 Å². The van der Waals surface area contributed by atoms with Gasteiger partial charge in [0.1, 0.15) is 5.76 Å². The van der Waals surface area contributed by atoms with Crippen molar-refractivity contribution >= 4 is 5.78 Å². The zero-order chi connectivity index (χ0) is 11.0. The van der Waals surface area contributed by atoms with E-state index in [1.165, 1.54) is 0 Å². The largest absolute Gasteiger partial charge is 0.495 e. The fraction of sp³-hybridized carbons (Fsp3) is 0.417. The van der Waals surface area contributed by atoms with Crippen LogP contribution in [0.2, 0.25) is 0 Å². The highest BCUT2D eigenvalue weighted by Crippen LogP contribution is 2.31. The maximum Gasteiger partial charge on any atom is 0.168 e. The summed E-state index contributed by atoms with van der Waals surface area (Å²) in [6.07, 6.45) is 4.63. The van der Waals surface area contributed by atoms with Crippen LogP contribution in [0.3, 0.4) is 0 Å². The predicted octanol–water partition coefficient (Wildman–Crippen LogP) is 1.89. The van der Waals surface area contributed by atoms with Gasteiger partial charge in [0.25, 0.3) is 0 Å². The molecule has 0 amide bonds. The summed E-state index contributed by atoms with van der Waals surface area (Å²) in [7, 11) is 1.63. The van der Waals surface area contributed by atoms with E-state index in [0.717, 1.165) is 29.1 Å². The van der Waals surface area contributed by atoms with Gasteiger partial charge in [0.2, 0.25) is 0 Å². The quantitative estimate of drug-likeness (QED) is 0.710. The number of rotatable bonds is 1. The Labute approximate surface area is 89.5 Å². The first-order valence-electron chi connectivity index (χ1n) is 5.08. The first-order chi connectivity index (χ1) is 7.13. The number of ketones is 1. The molecule has 2 rings (SSSR count). The molecular formula is C12H15NO2. The number of fused-ring (bicyclic) bond motifs is 1. The molecule has 0 bridgehead atoms. The molecule has 0 aromatic heterocycles. The summed E-state index contributed by atoms with van der Waals surface area (Å²) in [6, 6.07) is 0. The Kier molecular flexibility index (Phi) is 2.39. The number of ether oxygens (including phenoxy) is 1. The van der Waals surface area contributed by atoms with Gasteiger partial charge in [-0.05, 0) is 31.9 Å². The van der Waals surface area contributed by atoms with Gasteiger partial charge in [-0.25, -0.2) is 0 Å². The molecule has 0 radical (unpaired) electrons. The van der Waals surface area contributed by atoms with Gasteiger partial charge in [-0.1, -0.05) is 6.08 Å². The smallest absolute Gasteiger partial charge is 0.168 e. The topological polar surface area (TPSA) is 38.3 Å². The second-order valence-corrected chi connectivity index (χ2v) is 3.97. The van der Waals surface area contributed by atoms with Crippen LogP contribution < -0.4 is 5.32 Å². The lowest BCUT2D eigenvalue weighted by atomic mass is 9.85. The molecule has 1 atom stereocenters. The van der Waals surface area contributed by atoms with Crippen molar-refractivity contribution in [2.75, 3.05) is 7.11 Å². The fourth-order valence-electron chi connectivity index (χ4n) is 2.02. The summed E-state index contributed by atoms with van der Waals surface area (Å²) in [4.78, 5) is 11.9. The molecule has 0 fully saturated rings. The molecule has 2 aliphatic rings. The van der Waals surface area contributed by atoms with E-state index in [9.17, 15) is 4.79 Å². The van der Waals surface area contributed by atoms with Crippen molar-refractivity contribution in [2.24, 2.45) is 5.92 Å². The predicted molar refractivity (Wildman–Crippen MR) is 57.8 cm³/mol. The third-order valence-electron chi connectivity index (χ3n) is 2.88. The van der Waals surface area contributed by atoms with E-state index in [-0.39, 0.29) is 11.7 Å². The van der Waals surface area contributed by atoms with Crippen molar-refractivity contribution in [3.8, 4) is 0 Å². The molecule has 3 nitrogen and oxygen atoms in total. The van der Waals surface area contributed by atoms with Gasteiger partial charge in [-0.2, -0.15) is 0 Å². The number of Topliss-reactive ketones (excluding diaryl/α,β-unsaturated/α-hetero) is 1. The van der Waals surface area contributed by atoms with Crippen LogP contribution in [-0.2, 0) is 9.53 Å². The average molecular weight is 205 g/mol. The zero-order valence-electron chi connectivity index (χ0n) is 9.26. The van der Waals surface area contributed by atoms with Gasteiger partial charge < -0.3 is 10.1 Å². The fourth-order valence-corrected chi connectivity index (χ4v) is 2.02.